The molecule has 1 aromatic heterocycles. The molecule has 126 valence electrons. The lowest BCUT2D eigenvalue weighted by atomic mass is 9.88. The average molecular weight is 332 g/mol. The Morgan fingerprint density at radius 2 is 2.12 bits per heavy atom. The van der Waals surface area contributed by atoms with Crippen LogP contribution < -0.4 is 5.73 Å². The molecule has 5 rings (SSSR count). The Bertz CT molecular complexity index is 977. The highest BCUT2D eigenvalue weighted by Gasteiger charge is 2.40. The predicted molar refractivity (Wildman–Crippen MR) is 97.5 cm³/mol. The SMILES string of the molecule is Nc1nc2ccc(C(=O)N3CCC[C@H]4c5ccccc5C[C@H]43)cc2[nH]1. The predicted octanol–water partition coefficient (Wildman–Crippen LogP) is 3.09. The summed E-state index contributed by atoms with van der Waals surface area (Å²) in [6.45, 7) is 0.830. The van der Waals surface area contributed by atoms with Crippen LogP contribution in [0.15, 0.2) is 42.5 Å². The number of aromatic amines is 1. The summed E-state index contributed by atoms with van der Waals surface area (Å²) in [5.74, 6) is 0.960. The first-order valence-electron chi connectivity index (χ1n) is 8.85. The van der Waals surface area contributed by atoms with E-state index in [0.29, 0.717) is 17.4 Å². The number of rotatable bonds is 1. The molecule has 2 atom stereocenters. The second kappa shape index (κ2) is 5.34. The number of piperidine rings is 1. The van der Waals surface area contributed by atoms with Gasteiger partial charge >= 0.3 is 0 Å². The van der Waals surface area contributed by atoms with Crippen LogP contribution in [-0.4, -0.2) is 33.4 Å². The number of H-pyrrole nitrogens is 1. The summed E-state index contributed by atoms with van der Waals surface area (Å²) in [6.07, 6.45) is 3.19. The first kappa shape index (κ1) is 14.5. The lowest BCUT2D eigenvalue weighted by Crippen LogP contribution is -2.46. The fraction of sp³-hybridized carbons (Fsp3) is 0.300. The molecule has 5 nitrogen and oxygen atoms in total. The number of anilines is 1. The molecule has 0 radical (unpaired) electrons. The lowest BCUT2D eigenvalue weighted by Gasteiger charge is -2.38. The molecule has 0 spiro atoms. The maximum Gasteiger partial charge on any atom is 0.254 e. The van der Waals surface area contributed by atoms with E-state index in [4.69, 9.17) is 5.73 Å². The number of nitrogen functional groups attached to an aromatic ring is 1. The maximum absolute atomic E-state index is 13.2. The van der Waals surface area contributed by atoms with Gasteiger partial charge in [-0.1, -0.05) is 24.3 Å². The third-order valence-corrected chi connectivity index (χ3v) is 5.67. The van der Waals surface area contributed by atoms with Crippen LogP contribution in [0, 0.1) is 0 Å². The molecular formula is C20H20N4O. The number of imidazole rings is 1. The molecule has 2 aromatic carbocycles. The largest absolute Gasteiger partial charge is 0.369 e. The zero-order valence-electron chi connectivity index (χ0n) is 13.9. The lowest BCUT2D eigenvalue weighted by molar-refractivity contribution is 0.0595. The van der Waals surface area contributed by atoms with Crippen molar-refractivity contribution in [1.82, 2.24) is 14.9 Å². The summed E-state index contributed by atoms with van der Waals surface area (Å²) < 4.78 is 0. The van der Waals surface area contributed by atoms with Crippen molar-refractivity contribution >= 4 is 22.9 Å². The van der Waals surface area contributed by atoms with Crippen LogP contribution in [0.4, 0.5) is 5.95 Å². The van der Waals surface area contributed by atoms with E-state index in [0.717, 1.165) is 30.4 Å². The normalized spacial score (nSPS) is 22.0. The standard InChI is InChI=1S/C20H20N4O/c21-20-22-16-8-7-13(10-17(16)23-20)19(25)24-9-3-6-15-14-5-2-1-4-12(14)11-18(15)24/h1-2,4-5,7-8,10,15,18H,3,6,9,11H2,(H3,21,22,23)/t15-,18+/m0/s1. The Kier molecular flexibility index (Phi) is 3.10. The zero-order valence-corrected chi connectivity index (χ0v) is 13.9. The molecule has 3 aromatic rings. The van der Waals surface area contributed by atoms with Crippen molar-refractivity contribution in [3.05, 3.63) is 59.2 Å². The van der Waals surface area contributed by atoms with Crippen LogP contribution in [0.5, 0.6) is 0 Å². The minimum Gasteiger partial charge on any atom is -0.369 e. The minimum absolute atomic E-state index is 0.109. The molecule has 1 aliphatic heterocycles. The van der Waals surface area contributed by atoms with Gasteiger partial charge in [0.25, 0.3) is 5.91 Å². The Hall–Kier alpha value is -2.82. The number of aromatic nitrogens is 2. The van der Waals surface area contributed by atoms with Crippen molar-refractivity contribution in [2.45, 2.75) is 31.2 Å². The Morgan fingerprint density at radius 3 is 3.04 bits per heavy atom. The van der Waals surface area contributed by atoms with Gasteiger partial charge in [0.1, 0.15) is 0 Å². The van der Waals surface area contributed by atoms with E-state index in [1.807, 2.05) is 18.2 Å². The summed E-state index contributed by atoms with van der Waals surface area (Å²) in [7, 11) is 0. The molecule has 5 heteroatoms. The van der Waals surface area contributed by atoms with Crippen LogP contribution >= 0.6 is 0 Å². The van der Waals surface area contributed by atoms with Crippen LogP contribution in [0.3, 0.4) is 0 Å². The number of fused-ring (bicyclic) bond motifs is 4. The molecule has 2 aliphatic rings. The molecular weight excluding hydrogens is 312 g/mol. The quantitative estimate of drug-likeness (QED) is 0.719. The fourth-order valence-corrected chi connectivity index (χ4v) is 4.56. The summed E-state index contributed by atoms with van der Waals surface area (Å²) >= 11 is 0. The summed E-state index contributed by atoms with van der Waals surface area (Å²) in [4.78, 5) is 22.5. The van der Waals surface area contributed by atoms with Gasteiger partial charge in [0.15, 0.2) is 5.95 Å². The summed E-state index contributed by atoms with van der Waals surface area (Å²) in [5.41, 5.74) is 10.8. The van der Waals surface area contributed by atoms with Crippen LogP contribution in [0.2, 0.25) is 0 Å². The topological polar surface area (TPSA) is 75.0 Å². The fourth-order valence-electron chi connectivity index (χ4n) is 4.56. The molecule has 1 amide bonds. The third kappa shape index (κ3) is 2.22. The van der Waals surface area contributed by atoms with E-state index >= 15 is 0 Å². The second-order valence-corrected chi connectivity index (χ2v) is 7.07. The van der Waals surface area contributed by atoms with Crippen molar-refractivity contribution in [1.29, 1.82) is 0 Å². The van der Waals surface area contributed by atoms with Crippen molar-refractivity contribution in [3.8, 4) is 0 Å². The average Bonchev–Trinajstić information content (AvgIpc) is 3.19. The highest BCUT2D eigenvalue weighted by molar-refractivity contribution is 5.98. The number of carbonyl (C=O) groups is 1. The van der Waals surface area contributed by atoms with Gasteiger partial charge < -0.3 is 15.6 Å². The van der Waals surface area contributed by atoms with E-state index in [-0.39, 0.29) is 11.9 Å². The first-order valence-corrected chi connectivity index (χ1v) is 8.85. The number of nitrogens with two attached hydrogens (primary N) is 1. The molecule has 25 heavy (non-hydrogen) atoms. The molecule has 1 fully saturated rings. The van der Waals surface area contributed by atoms with E-state index in [2.05, 4.69) is 39.1 Å². The maximum atomic E-state index is 13.2. The Labute approximate surface area is 145 Å². The zero-order chi connectivity index (χ0) is 17.0. The molecule has 0 unspecified atom stereocenters. The third-order valence-electron chi connectivity index (χ3n) is 5.67. The molecule has 3 N–H and O–H groups in total. The number of nitrogens with zero attached hydrogens (tertiary/aromatic N) is 2. The number of carbonyl (C=O) groups excluding carboxylic acids is 1. The minimum atomic E-state index is 0.109. The summed E-state index contributed by atoms with van der Waals surface area (Å²) in [5, 5.41) is 0. The van der Waals surface area contributed by atoms with Gasteiger partial charge in [-0.25, -0.2) is 4.98 Å². The van der Waals surface area contributed by atoms with Gasteiger partial charge in [-0.3, -0.25) is 4.79 Å². The number of likely N-dealkylation sites (tertiary alicyclic amines) is 1. The number of hydrogen-bond donors (Lipinski definition) is 2. The smallest absolute Gasteiger partial charge is 0.254 e. The van der Waals surface area contributed by atoms with Gasteiger partial charge in [0.2, 0.25) is 0 Å². The van der Waals surface area contributed by atoms with Gasteiger partial charge in [0, 0.05) is 24.1 Å². The Morgan fingerprint density at radius 1 is 1.24 bits per heavy atom. The van der Waals surface area contributed by atoms with Gasteiger partial charge in [-0.15, -0.1) is 0 Å². The van der Waals surface area contributed by atoms with Gasteiger partial charge in [-0.05, 0) is 48.6 Å². The molecule has 2 heterocycles. The van der Waals surface area contributed by atoms with Crippen molar-refractivity contribution in [2.24, 2.45) is 0 Å². The number of nitrogens with one attached hydrogen (secondary N) is 1. The van der Waals surface area contributed by atoms with Crippen molar-refractivity contribution < 1.29 is 4.79 Å². The Balaban J connectivity index is 1.48. The molecule has 1 saturated heterocycles. The van der Waals surface area contributed by atoms with Gasteiger partial charge in [-0.2, -0.15) is 0 Å². The van der Waals surface area contributed by atoms with E-state index in [1.54, 1.807) is 0 Å². The van der Waals surface area contributed by atoms with Crippen molar-refractivity contribution in [2.75, 3.05) is 12.3 Å². The molecule has 0 bridgehead atoms. The number of hydrogen-bond acceptors (Lipinski definition) is 3. The monoisotopic (exact) mass is 332 g/mol. The van der Waals surface area contributed by atoms with Crippen LogP contribution in [0.25, 0.3) is 11.0 Å². The number of benzene rings is 2. The van der Waals surface area contributed by atoms with Gasteiger partial charge in [0.05, 0.1) is 11.0 Å². The number of amides is 1. The van der Waals surface area contributed by atoms with Crippen LogP contribution in [0.1, 0.15) is 40.2 Å². The van der Waals surface area contributed by atoms with Crippen molar-refractivity contribution in [3.63, 3.8) is 0 Å². The van der Waals surface area contributed by atoms with E-state index in [9.17, 15) is 4.79 Å². The van der Waals surface area contributed by atoms with E-state index in [1.165, 1.54) is 17.5 Å². The second-order valence-electron chi connectivity index (χ2n) is 7.07. The molecule has 0 saturated carbocycles. The summed E-state index contributed by atoms with van der Waals surface area (Å²) in [6, 6.07) is 14.5. The highest BCUT2D eigenvalue weighted by atomic mass is 16.2. The molecule has 1 aliphatic carbocycles. The van der Waals surface area contributed by atoms with E-state index < -0.39 is 0 Å². The highest BCUT2D eigenvalue weighted by Crippen LogP contribution is 2.42. The first-order chi connectivity index (χ1) is 12.2. The van der Waals surface area contributed by atoms with Crippen LogP contribution in [-0.2, 0) is 6.42 Å².